The Balaban J connectivity index is 3.90. The topological polar surface area (TPSA) is 69.6 Å². The summed E-state index contributed by atoms with van der Waals surface area (Å²) in [5.74, 6) is 0.309. The molecule has 2 atom stereocenters. The molecule has 0 aliphatic rings. The van der Waals surface area contributed by atoms with Crippen molar-refractivity contribution < 1.29 is 18.9 Å². The molecule has 13 heavy (non-hydrogen) atoms. The van der Waals surface area contributed by atoms with E-state index in [1.54, 1.807) is 21.6 Å². The fourth-order valence-corrected chi connectivity index (χ4v) is 3.24. The molecule has 0 aromatic heterocycles. The predicted octanol–water partition coefficient (Wildman–Crippen LogP) is 1.50. The molecule has 0 fully saturated rings. The lowest BCUT2D eigenvalue weighted by Crippen LogP contribution is -2.18. The molecule has 0 spiro atoms. The summed E-state index contributed by atoms with van der Waals surface area (Å²) in [6.45, 7) is 3.98. The Bertz CT molecular complexity index is 181. The van der Waals surface area contributed by atoms with E-state index in [9.17, 15) is 9.46 Å². The van der Waals surface area contributed by atoms with Crippen LogP contribution in [0.15, 0.2) is 0 Å². The van der Waals surface area contributed by atoms with E-state index in [-0.39, 0.29) is 11.9 Å². The molecule has 0 aliphatic carbocycles. The van der Waals surface area contributed by atoms with Gasteiger partial charge < -0.3 is 14.3 Å². The van der Waals surface area contributed by atoms with Crippen LogP contribution in [0.5, 0.6) is 0 Å². The molecular formula is C6H14O4PS2-. The van der Waals surface area contributed by atoms with Crippen LogP contribution in [-0.4, -0.2) is 23.0 Å². The van der Waals surface area contributed by atoms with E-state index < -0.39 is 7.82 Å². The van der Waals surface area contributed by atoms with E-state index in [0.29, 0.717) is 5.92 Å². The van der Waals surface area contributed by atoms with Gasteiger partial charge in [0.15, 0.2) is 0 Å². The van der Waals surface area contributed by atoms with Crippen LogP contribution >= 0.6 is 29.4 Å². The molecule has 0 bridgehead atoms. The van der Waals surface area contributed by atoms with Crippen molar-refractivity contribution in [2.45, 2.75) is 19.1 Å². The van der Waals surface area contributed by atoms with Crippen LogP contribution in [0.4, 0.5) is 0 Å². The molecule has 2 unspecified atom stereocenters. The molecular weight excluding hydrogens is 231 g/mol. The maximum atomic E-state index is 10.3. The minimum Gasteiger partial charge on any atom is -0.756 e. The van der Waals surface area contributed by atoms with Crippen molar-refractivity contribution in [3.8, 4) is 0 Å². The van der Waals surface area contributed by atoms with Gasteiger partial charge >= 0.3 is 0 Å². The monoisotopic (exact) mass is 245 g/mol. The maximum Gasteiger partial charge on any atom is 0.265 e. The number of phosphoric ester groups is 1. The average molecular weight is 245 g/mol. The summed E-state index contributed by atoms with van der Waals surface area (Å²) >= 11 is 0. The average Bonchev–Trinajstić information content (AvgIpc) is 1.95. The zero-order valence-corrected chi connectivity index (χ0v) is 10.3. The highest BCUT2D eigenvalue weighted by atomic mass is 33.1. The number of hydrogen-bond donors (Lipinski definition) is 1. The Kier molecular flexibility index (Phi) is 6.72. The summed E-state index contributed by atoms with van der Waals surface area (Å²) < 4.78 is 14.6. The molecule has 1 N–H and O–H groups in total. The molecule has 0 saturated heterocycles. The van der Waals surface area contributed by atoms with Gasteiger partial charge in [-0.15, -0.1) is 0 Å². The van der Waals surface area contributed by atoms with Gasteiger partial charge in [0.1, 0.15) is 0 Å². The third-order valence-corrected chi connectivity index (χ3v) is 4.28. The highest BCUT2D eigenvalue weighted by molar-refractivity contribution is 8.76. The van der Waals surface area contributed by atoms with Crippen LogP contribution < -0.4 is 4.89 Å². The highest BCUT2D eigenvalue weighted by Crippen LogP contribution is 2.35. The van der Waals surface area contributed by atoms with E-state index in [2.05, 4.69) is 4.52 Å². The minimum absolute atomic E-state index is 0.0282. The second-order valence-corrected chi connectivity index (χ2v) is 6.71. The molecule has 0 aromatic rings. The fraction of sp³-hybridized carbons (Fsp3) is 1.00. The summed E-state index contributed by atoms with van der Waals surface area (Å²) in [6.07, 6.45) is 1.91. The highest BCUT2D eigenvalue weighted by Gasteiger charge is 2.16. The number of rotatable bonds is 6. The van der Waals surface area contributed by atoms with Gasteiger partial charge in [0.05, 0.1) is 6.61 Å². The summed E-state index contributed by atoms with van der Waals surface area (Å²) in [5, 5.41) is 0.0735. The third-order valence-electron chi connectivity index (χ3n) is 1.37. The molecule has 0 heterocycles. The van der Waals surface area contributed by atoms with Crippen LogP contribution in [0.1, 0.15) is 13.8 Å². The zero-order chi connectivity index (χ0) is 10.5. The maximum absolute atomic E-state index is 10.3. The fourth-order valence-electron chi connectivity index (χ4n) is 0.623. The molecule has 0 rings (SSSR count). The minimum atomic E-state index is -4.56. The van der Waals surface area contributed by atoms with Crippen molar-refractivity contribution in [1.29, 1.82) is 0 Å². The Morgan fingerprint density at radius 1 is 1.62 bits per heavy atom. The smallest absolute Gasteiger partial charge is 0.265 e. The molecule has 0 amide bonds. The van der Waals surface area contributed by atoms with E-state index in [0.717, 1.165) is 0 Å². The van der Waals surface area contributed by atoms with Gasteiger partial charge in [-0.1, -0.05) is 35.4 Å². The molecule has 0 saturated carbocycles. The quantitative estimate of drug-likeness (QED) is 0.565. The van der Waals surface area contributed by atoms with Gasteiger partial charge in [-0.05, 0) is 12.2 Å². The Labute approximate surface area is 86.5 Å². The first-order valence-corrected chi connectivity index (χ1v) is 7.86. The SMILES string of the molecule is CSSC(COP(=O)([O-])O)C(C)C. The Hall–Kier alpha value is 0.810. The van der Waals surface area contributed by atoms with E-state index in [1.807, 2.05) is 20.1 Å². The van der Waals surface area contributed by atoms with Crippen molar-refractivity contribution in [2.75, 3.05) is 12.9 Å². The molecule has 0 radical (unpaired) electrons. The van der Waals surface area contributed by atoms with Crippen LogP contribution in [-0.2, 0) is 9.09 Å². The zero-order valence-electron chi connectivity index (χ0n) is 7.80. The number of hydrogen-bond acceptors (Lipinski definition) is 5. The first kappa shape index (κ1) is 13.8. The molecule has 7 heteroatoms. The lowest BCUT2D eigenvalue weighted by molar-refractivity contribution is -0.219. The van der Waals surface area contributed by atoms with Crippen molar-refractivity contribution in [3.05, 3.63) is 0 Å². The van der Waals surface area contributed by atoms with Crippen molar-refractivity contribution in [1.82, 2.24) is 0 Å². The first-order chi connectivity index (χ1) is 5.87. The Morgan fingerprint density at radius 3 is 2.46 bits per heavy atom. The molecule has 0 aliphatic heterocycles. The Morgan fingerprint density at radius 2 is 2.15 bits per heavy atom. The summed E-state index contributed by atoms with van der Waals surface area (Å²) in [6, 6.07) is 0. The first-order valence-electron chi connectivity index (χ1n) is 3.74. The van der Waals surface area contributed by atoms with Gasteiger partial charge in [0.2, 0.25) is 0 Å². The normalized spacial score (nSPS) is 18.6. The van der Waals surface area contributed by atoms with Crippen molar-refractivity contribution in [3.63, 3.8) is 0 Å². The molecule has 4 nitrogen and oxygen atoms in total. The van der Waals surface area contributed by atoms with Crippen molar-refractivity contribution >= 4 is 29.4 Å². The van der Waals surface area contributed by atoms with Crippen LogP contribution in [0.2, 0.25) is 0 Å². The van der Waals surface area contributed by atoms with Crippen LogP contribution in [0, 0.1) is 5.92 Å². The third kappa shape index (κ3) is 7.85. The van der Waals surface area contributed by atoms with Gasteiger partial charge in [-0.25, -0.2) is 0 Å². The summed E-state index contributed by atoms with van der Waals surface area (Å²) in [5.41, 5.74) is 0. The van der Waals surface area contributed by atoms with Gasteiger partial charge in [-0.3, -0.25) is 4.57 Å². The van der Waals surface area contributed by atoms with E-state index >= 15 is 0 Å². The van der Waals surface area contributed by atoms with Crippen molar-refractivity contribution in [2.24, 2.45) is 5.92 Å². The van der Waals surface area contributed by atoms with Crippen LogP contribution in [0.25, 0.3) is 0 Å². The summed E-state index contributed by atoms with van der Waals surface area (Å²) in [4.78, 5) is 18.7. The van der Waals surface area contributed by atoms with Gasteiger partial charge in [0.25, 0.3) is 7.82 Å². The van der Waals surface area contributed by atoms with Gasteiger partial charge in [0, 0.05) is 5.25 Å². The van der Waals surface area contributed by atoms with E-state index in [1.165, 1.54) is 0 Å². The number of phosphoric acid groups is 1. The molecule has 80 valence electrons. The summed E-state index contributed by atoms with van der Waals surface area (Å²) in [7, 11) is -1.46. The second kappa shape index (κ2) is 6.32. The van der Waals surface area contributed by atoms with Gasteiger partial charge in [-0.2, -0.15) is 0 Å². The predicted molar refractivity (Wildman–Crippen MR) is 55.5 cm³/mol. The van der Waals surface area contributed by atoms with Crippen LogP contribution in [0.3, 0.4) is 0 Å². The van der Waals surface area contributed by atoms with E-state index in [4.69, 9.17) is 4.89 Å². The molecule has 0 aromatic carbocycles. The largest absolute Gasteiger partial charge is 0.756 e. The second-order valence-electron chi connectivity index (χ2n) is 2.81. The lowest BCUT2D eigenvalue weighted by Gasteiger charge is -2.22. The lowest BCUT2D eigenvalue weighted by atomic mass is 10.1. The standard InChI is InChI=1S/C6H15O4PS2/c1-5(2)6(13-12-3)4-10-11(7,8)9/h5-6H,4H2,1-3H3,(H2,7,8,9)/p-1.